The highest BCUT2D eigenvalue weighted by Crippen LogP contribution is 2.11. The summed E-state index contributed by atoms with van der Waals surface area (Å²) in [7, 11) is 0. The summed E-state index contributed by atoms with van der Waals surface area (Å²) in [5.74, 6) is -0.900. The number of aliphatic imine (C=N–C) groups is 1. The molecule has 6 nitrogen and oxygen atoms in total. The number of guanidine groups is 1. The zero-order valence-electron chi connectivity index (χ0n) is 14.7. The molecule has 1 aliphatic heterocycles. The van der Waals surface area contributed by atoms with Crippen LogP contribution in [0.2, 0.25) is 0 Å². The van der Waals surface area contributed by atoms with Crippen molar-refractivity contribution in [2.45, 2.75) is 32.2 Å². The van der Waals surface area contributed by atoms with Crippen LogP contribution in [0.25, 0.3) is 0 Å². The summed E-state index contributed by atoms with van der Waals surface area (Å²) in [5, 5.41) is 3.12. The van der Waals surface area contributed by atoms with E-state index in [0.29, 0.717) is 44.2 Å². The predicted octanol–water partition coefficient (Wildman–Crippen LogP) is 2.65. The summed E-state index contributed by atoms with van der Waals surface area (Å²) in [6.45, 7) is 3.69. The van der Waals surface area contributed by atoms with Crippen molar-refractivity contribution in [2.75, 3.05) is 26.2 Å². The third-order valence-electron chi connectivity index (χ3n) is 3.98. The Hall–Kier alpha value is -1.65. The van der Waals surface area contributed by atoms with Crippen LogP contribution < -0.4 is 11.1 Å². The van der Waals surface area contributed by atoms with Gasteiger partial charge in [0.1, 0.15) is 11.6 Å². The Morgan fingerprint density at radius 2 is 1.92 bits per heavy atom. The number of nitrogens with zero attached hydrogens (tertiary/aromatic N) is 2. The molecular weight excluding hydrogens is 457 g/mol. The number of nitrogens with two attached hydrogens (primary N) is 1. The highest BCUT2D eigenvalue weighted by molar-refractivity contribution is 14.0. The SMILES string of the molecule is CCOC(=O)N1CCC(NC(N)=NCCc2cc(F)cc(F)c2)CC1.I. The fraction of sp³-hybridized carbons (Fsp3) is 0.529. The molecule has 26 heavy (non-hydrogen) atoms. The third-order valence-corrected chi connectivity index (χ3v) is 3.98. The molecule has 0 saturated carbocycles. The lowest BCUT2D eigenvalue weighted by Crippen LogP contribution is -2.48. The van der Waals surface area contributed by atoms with E-state index in [1.54, 1.807) is 11.8 Å². The molecule has 1 fully saturated rings. The molecule has 1 aromatic rings. The number of carbonyl (C=O) groups excluding carboxylic acids is 1. The van der Waals surface area contributed by atoms with Gasteiger partial charge in [-0.15, -0.1) is 24.0 Å². The van der Waals surface area contributed by atoms with E-state index in [-0.39, 0.29) is 36.1 Å². The topological polar surface area (TPSA) is 80.0 Å². The van der Waals surface area contributed by atoms with Crippen molar-refractivity contribution < 1.29 is 18.3 Å². The second kappa shape index (κ2) is 11.1. The first-order chi connectivity index (χ1) is 12.0. The maximum Gasteiger partial charge on any atom is 0.409 e. The van der Waals surface area contributed by atoms with Crippen molar-refractivity contribution in [2.24, 2.45) is 10.7 Å². The molecule has 1 amide bonds. The Kier molecular flexibility index (Phi) is 9.60. The van der Waals surface area contributed by atoms with Crippen LogP contribution in [-0.2, 0) is 11.2 Å². The molecule has 1 saturated heterocycles. The molecule has 2 rings (SSSR count). The van der Waals surface area contributed by atoms with Gasteiger partial charge in [-0.25, -0.2) is 13.6 Å². The highest BCUT2D eigenvalue weighted by Gasteiger charge is 2.23. The number of hydrogen-bond donors (Lipinski definition) is 2. The Bertz CT molecular complexity index is 603. The number of likely N-dealkylation sites (tertiary alicyclic amines) is 1. The van der Waals surface area contributed by atoms with Crippen molar-refractivity contribution in [1.82, 2.24) is 10.2 Å². The van der Waals surface area contributed by atoms with Crippen molar-refractivity contribution in [3.05, 3.63) is 35.4 Å². The maximum absolute atomic E-state index is 13.1. The lowest BCUT2D eigenvalue weighted by atomic mass is 10.1. The number of hydrogen-bond acceptors (Lipinski definition) is 3. The average molecular weight is 482 g/mol. The monoisotopic (exact) mass is 482 g/mol. The molecule has 0 unspecified atom stereocenters. The zero-order valence-corrected chi connectivity index (χ0v) is 17.0. The number of carbonyl (C=O) groups is 1. The van der Waals surface area contributed by atoms with Gasteiger partial charge < -0.3 is 20.7 Å². The zero-order chi connectivity index (χ0) is 18.2. The number of halogens is 3. The van der Waals surface area contributed by atoms with Crippen LogP contribution in [0.3, 0.4) is 0 Å². The van der Waals surface area contributed by atoms with E-state index in [2.05, 4.69) is 10.3 Å². The Morgan fingerprint density at radius 1 is 1.31 bits per heavy atom. The number of nitrogens with one attached hydrogen (secondary N) is 1. The molecule has 1 aromatic carbocycles. The average Bonchev–Trinajstić information content (AvgIpc) is 2.55. The maximum atomic E-state index is 13.1. The van der Waals surface area contributed by atoms with E-state index in [1.807, 2.05) is 0 Å². The molecule has 3 N–H and O–H groups in total. The lowest BCUT2D eigenvalue weighted by Gasteiger charge is -2.31. The first-order valence-electron chi connectivity index (χ1n) is 8.41. The van der Waals surface area contributed by atoms with E-state index in [1.165, 1.54) is 12.1 Å². The minimum atomic E-state index is -0.599. The molecule has 0 aromatic heterocycles. The summed E-state index contributed by atoms with van der Waals surface area (Å²) < 4.78 is 31.2. The van der Waals surface area contributed by atoms with Gasteiger partial charge in [0.25, 0.3) is 0 Å². The molecule has 0 atom stereocenters. The van der Waals surface area contributed by atoms with Gasteiger partial charge in [-0.05, 0) is 43.9 Å². The molecule has 0 bridgehead atoms. The van der Waals surface area contributed by atoms with Crippen LogP contribution >= 0.6 is 24.0 Å². The lowest BCUT2D eigenvalue weighted by molar-refractivity contribution is 0.0963. The standard InChI is InChI=1S/C17H24F2N4O2.HI/c1-2-25-17(24)23-7-4-15(5-8-23)22-16(20)21-6-3-12-9-13(18)11-14(19)10-12;/h9-11,15H,2-8H2,1H3,(H3,20,21,22);1H. The normalized spacial score (nSPS) is 15.3. The Balaban J connectivity index is 0.00000338. The fourth-order valence-electron chi connectivity index (χ4n) is 2.74. The van der Waals surface area contributed by atoms with Gasteiger partial charge in [0.05, 0.1) is 6.61 Å². The second-order valence-corrected chi connectivity index (χ2v) is 5.90. The van der Waals surface area contributed by atoms with Gasteiger partial charge >= 0.3 is 6.09 Å². The van der Waals surface area contributed by atoms with Crippen LogP contribution in [-0.4, -0.2) is 49.2 Å². The van der Waals surface area contributed by atoms with Gasteiger partial charge in [0.15, 0.2) is 5.96 Å². The quantitative estimate of drug-likeness (QED) is 0.385. The highest BCUT2D eigenvalue weighted by atomic mass is 127. The molecule has 1 heterocycles. The van der Waals surface area contributed by atoms with E-state index >= 15 is 0 Å². The van der Waals surface area contributed by atoms with E-state index in [4.69, 9.17) is 10.5 Å². The smallest absolute Gasteiger partial charge is 0.409 e. The van der Waals surface area contributed by atoms with Crippen molar-refractivity contribution in [3.63, 3.8) is 0 Å². The van der Waals surface area contributed by atoms with E-state index < -0.39 is 11.6 Å². The number of ether oxygens (including phenoxy) is 1. The van der Waals surface area contributed by atoms with Crippen LogP contribution in [0.15, 0.2) is 23.2 Å². The van der Waals surface area contributed by atoms with Crippen molar-refractivity contribution in [1.29, 1.82) is 0 Å². The van der Waals surface area contributed by atoms with Gasteiger partial charge in [-0.3, -0.25) is 4.99 Å². The summed E-state index contributed by atoms with van der Waals surface area (Å²) in [6, 6.07) is 3.55. The van der Waals surface area contributed by atoms with Crippen LogP contribution in [0, 0.1) is 11.6 Å². The molecule has 9 heteroatoms. The van der Waals surface area contributed by atoms with Crippen LogP contribution in [0.1, 0.15) is 25.3 Å². The molecule has 0 aliphatic carbocycles. The minimum absolute atomic E-state index is 0. The van der Waals surface area contributed by atoms with E-state index in [0.717, 1.165) is 18.9 Å². The molecule has 0 spiro atoms. The van der Waals surface area contributed by atoms with Gasteiger partial charge in [-0.1, -0.05) is 0 Å². The van der Waals surface area contributed by atoms with Gasteiger partial charge in [0, 0.05) is 31.7 Å². The third kappa shape index (κ3) is 7.30. The molecular formula is C17H25F2IN4O2. The van der Waals surface area contributed by atoms with Gasteiger partial charge in [-0.2, -0.15) is 0 Å². The summed E-state index contributed by atoms with van der Waals surface area (Å²) in [5.41, 5.74) is 6.39. The molecule has 0 radical (unpaired) electrons. The largest absolute Gasteiger partial charge is 0.450 e. The second-order valence-electron chi connectivity index (χ2n) is 5.90. The van der Waals surface area contributed by atoms with Crippen LogP contribution in [0.5, 0.6) is 0 Å². The van der Waals surface area contributed by atoms with Gasteiger partial charge in [0.2, 0.25) is 0 Å². The number of benzene rings is 1. The van der Waals surface area contributed by atoms with Crippen molar-refractivity contribution >= 4 is 36.0 Å². The minimum Gasteiger partial charge on any atom is -0.450 e. The number of rotatable bonds is 5. The predicted molar refractivity (Wildman–Crippen MR) is 107 cm³/mol. The number of piperidine rings is 1. The fourth-order valence-corrected chi connectivity index (χ4v) is 2.74. The summed E-state index contributed by atoms with van der Waals surface area (Å²) >= 11 is 0. The van der Waals surface area contributed by atoms with E-state index in [9.17, 15) is 13.6 Å². The van der Waals surface area contributed by atoms with Crippen LogP contribution in [0.4, 0.5) is 13.6 Å². The summed E-state index contributed by atoms with van der Waals surface area (Å²) in [4.78, 5) is 17.5. The molecule has 1 aliphatic rings. The summed E-state index contributed by atoms with van der Waals surface area (Å²) in [6.07, 6.45) is 1.62. The first kappa shape index (κ1) is 22.4. The number of amides is 1. The Labute approximate surface area is 169 Å². The Morgan fingerprint density at radius 3 is 2.50 bits per heavy atom. The van der Waals surface area contributed by atoms with Crippen molar-refractivity contribution in [3.8, 4) is 0 Å². The first-order valence-corrected chi connectivity index (χ1v) is 8.41. The molecule has 146 valence electrons.